The molecule has 196 valence electrons. The number of nitrogens with zero attached hydrogens (tertiary/aromatic N) is 2. The van der Waals surface area contributed by atoms with Crippen molar-refractivity contribution in [2.24, 2.45) is 11.8 Å². The number of anilines is 1. The summed E-state index contributed by atoms with van der Waals surface area (Å²) in [6.07, 6.45) is -2.37. The minimum Gasteiger partial charge on any atom is -0.406 e. The Morgan fingerprint density at radius 3 is 2.39 bits per heavy atom. The molecule has 2 aromatic rings. The number of hydrogen-bond acceptors (Lipinski definition) is 5. The van der Waals surface area contributed by atoms with Crippen molar-refractivity contribution >= 4 is 11.6 Å². The number of piperidine rings is 2. The van der Waals surface area contributed by atoms with E-state index in [1.807, 2.05) is 18.2 Å². The van der Waals surface area contributed by atoms with Crippen LogP contribution in [0.25, 0.3) is 0 Å². The summed E-state index contributed by atoms with van der Waals surface area (Å²) in [5, 5.41) is 14.1. The van der Waals surface area contributed by atoms with Gasteiger partial charge >= 0.3 is 6.36 Å². The lowest BCUT2D eigenvalue weighted by atomic mass is 9.89. The Morgan fingerprint density at radius 1 is 1.06 bits per heavy atom. The summed E-state index contributed by atoms with van der Waals surface area (Å²) >= 11 is 0. The van der Waals surface area contributed by atoms with Crippen molar-refractivity contribution in [2.75, 3.05) is 37.6 Å². The summed E-state index contributed by atoms with van der Waals surface area (Å²) in [6, 6.07) is 15.6. The Kier molecular flexibility index (Phi) is 8.87. The van der Waals surface area contributed by atoms with Gasteiger partial charge in [-0.25, -0.2) is 0 Å². The zero-order valence-corrected chi connectivity index (χ0v) is 20.3. The first-order chi connectivity index (χ1) is 17.3. The van der Waals surface area contributed by atoms with Crippen molar-refractivity contribution in [1.82, 2.24) is 10.2 Å². The van der Waals surface area contributed by atoms with Crippen LogP contribution in [0.1, 0.15) is 31.2 Å². The number of likely N-dealkylation sites (tertiary alicyclic amines) is 1. The topological polar surface area (TPSA) is 65.0 Å². The molecule has 0 radical (unpaired) electrons. The summed E-state index contributed by atoms with van der Waals surface area (Å²) in [6.45, 7) is 4.16. The van der Waals surface area contributed by atoms with Crippen LogP contribution in [-0.2, 0) is 11.3 Å². The van der Waals surface area contributed by atoms with Crippen molar-refractivity contribution in [3.63, 3.8) is 0 Å². The van der Waals surface area contributed by atoms with Crippen molar-refractivity contribution in [2.45, 2.75) is 44.7 Å². The summed E-state index contributed by atoms with van der Waals surface area (Å²) < 4.78 is 41.7. The predicted molar refractivity (Wildman–Crippen MR) is 132 cm³/mol. The molecule has 0 saturated carbocycles. The van der Waals surface area contributed by atoms with E-state index in [1.165, 1.54) is 29.8 Å². The summed E-state index contributed by atoms with van der Waals surface area (Å²) in [5.41, 5.74) is 1.75. The van der Waals surface area contributed by atoms with Gasteiger partial charge in [0.1, 0.15) is 5.75 Å². The minimum absolute atomic E-state index is 0.0167. The van der Waals surface area contributed by atoms with Crippen molar-refractivity contribution < 1.29 is 27.8 Å². The van der Waals surface area contributed by atoms with E-state index in [1.54, 1.807) is 4.90 Å². The number of hydrogen-bond donors (Lipinski definition) is 2. The molecule has 0 spiro atoms. The summed E-state index contributed by atoms with van der Waals surface area (Å²) in [5.74, 6) is -0.415. The van der Waals surface area contributed by atoms with E-state index in [4.69, 9.17) is 0 Å². The van der Waals surface area contributed by atoms with Gasteiger partial charge < -0.3 is 20.1 Å². The van der Waals surface area contributed by atoms with Crippen molar-refractivity contribution in [1.29, 1.82) is 0 Å². The molecule has 4 rings (SSSR count). The first-order valence-electron chi connectivity index (χ1n) is 12.6. The number of carbonyl (C=O) groups excluding carboxylic acids is 1. The molecule has 2 N–H and O–H groups in total. The number of ether oxygens (including phenoxy) is 1. The monoisotopic (exact) mass is 505 g/mol. The second-order valence-corrected chi connectivity index (χ2v) is 9.68. The molecule has 2 fully saturated rings. The van der Waals surface area contributed by atoms with Crippen LogP contribution in [0.4, 0.5) is 18.9 Å². The number of halogens is 3. The van der Waals surface area contributed by atoms with Gasteiger partial charge in [0.2, 0.25) is 5.91 Å². The lowest BCUT2D eigenvalue weighted by Gasteiger charge is -2.37. The number of β-amino-alcohol motifs (C(OH)–C–C–N with tert-alkyl or cyclic N) is 1. The molecule has 2 aliphatic heterocycles. The first-order valence-corrected chi connectivity index (χ1v) is 12.6. The highest BCUT2D eigenvalue weighted by molar-refractivity contribution is 5.95. The van der Waals surface area contributed by atoms with Crippen LogP contribution in [-0.4, -0.2) is 61.1 Å². The zero-order valence-electron chi connectivity index (χ0n) is 20.3. The quantitative estimate of drug-likeness (QED) is 0.563. The molecular weight excluding hydrogens is 471 g/mol. The molecule has 9 heteroatoms. The number of carbonyl (C=O) groups is 1. The molecule has 1 amide bonds. The second-order valence-electron chi connectivity index (χ2n) is 9.68. The highest BCUT2D eigenvalue weighted by Crippen LogP contribution is 2.29. The molecule has 2 atom stereocenters. The van der Waals surface area contributed by atoms with Gasteiger partial charge in [0.15, 0.2) is 0 Å². The third-order valence-corrected chi connectivity index (χ3v) is 7.11. The average molecular weight is 506 g/mol. The number of nitrogens with one attached hydrogen (secondary N) is 1. The van der Waals surface area contributed by atoms with Crippen LogP contribution in [0.2, 0.25) is 0 Å². The van der Waals surface area contributed by atoms with Crippen LogP contribution in [0.3, 0.4) is 0 Å². The van der Waals surface area contributed by atoms with Gasteiger partial charge in [-0.3, -0.25) is 9.69 Å². The van der Waals surface area contributed by atoms with Gasteiger partial charge in [-0.15, -0.1) is 13.2 Å². The van der Waals surface area contributed by atoms with Gasteiger partial charge in [-0.05, 0) is 81.1 Å². The predicted octanol–water partition coefficient (Wildman–Crippen LogP) is 4.19. The zero-order chi connectivity index (χ0) is 25.5. The Bertz CT molecular complexity index is 966. The molecule has 2 saturated heterocycles. The summed E-state index contributed by atoms with van der Waals surface area (Å²) in [7, 11) is 0. The minimum atomic E-state index is -4.77. The molecule has 0 aliphatic carbocycles. The maximum absolute atomic E-state index is 13.4. The van der Waals surface area contributed by atoms with Gasteiger partial charge in [-0.2, -0.15) is 0 Å². The molecule has 2 heterocycles. The molecule has 0 aromatic heterocycles. The third kappa shape index (κ3) is 7.44. The van der Waals surface area contributed by atoms with Crippen LogP contribution in [0.15, 0.2) is 54.6 Å². The fourth-order valence-electron chi connectivity index (χ4n) is 5.15. The van der Waals surface area contributed by atoms with Crippen LogP contribution in [0.5, 0.6) is 5.75 Å². The van der Waals surface area contributed by atoms with E-state index >= 15 is 0 Å². The maximum atomic E-state index is 13.4. The number of alkyl halides is 3. The van der Waals surface area contributed by atoms with E-state index in [-0.39, 0.29) is 23.5 Å². The van der Waals surface area contributed by atoms with E-state index in [9.17, 15) is 23.1 Å². The highest BCUT2D eigenvalue weighted by atomic mass is 19.4. The molecule has 36 heavy (non-hydrogen) atoms. The number of rotatable bonds is 8. The SMILES string of the molecule is O=C(C1CCNCC1)N(CCC1CCN(Cc2ccccc2)CC1O)c1ccc(OC(F)(F)F)cc1. The standard InChI is InChI=1S/C27H34F3N3O3/c28-27(29,30)36-24-8-6-23(7-9-24)33(26(35)22-10-14-31-15-11-22)17-13-21-12-16-32(19-25(21)34)18-20-4-2-1-3-5-20/h1-9,21-22,25,31,34H,10-19H2. The Hall–Kier alpha value is -2.62. The summed E-state index contributed by atoms with van der Waals surface area (Å²) in [4.78, 5) is 17.4. The van der Waals surface area contributed by atoms with Gasteiger partial charge in [-0.1, -0.05) is 30.3 Å². The van der Waals surface area contributed by atoms with Crippen LogP contribution < -0.4 is 15.0 Å². The lowest BCUT2D eigenvalue weighted by Crippen LogP contribution is -2.46. The van der Waals surface area contributed by atoms with Crippen LogP contribution in [0, 0.1) is 11.8 Å². The number of aliphatic hydroxyl groups excluding tert-OH is 1. The second kappa shape index (κ2) is 12.1. The molecule has 6 nitrogen and oxygen atoms in total. The highest BCUT2D eigenvalue weighted by Gasteiger charge is 2.33. The smallest absolute Gasteiger partial charge is 0.406 e. The Balaban J connectivity index is 1.40. The molecule has 2 aliphatic rings. The molecular formula is C27H34F3N3O3. The Labute approximate surface area is 210 Å². The molecule has 0 bridgehead atoms. The lowest BCUT2D eigenvalue weighted by molar-refractivity contribution is -0.274. The first kappa shape index (κ1) is 26.4. The van der Waals surface area contributed by atoms with E-state index in [0.29, 0.717) is 25.2 Å². The molecule has 2 unspecified atom stereocenters. The Morgan fingerprint density at radius 2 is 1.75 bits per heavy atom. The van der Waals surface area contributed by atoms with Gasteiger partial charge in [0.05, 0.1) is 6.10 Å². The number of amides is 1. The third-order valence-electron chi connectivity index (χ3n) is 7.11. The van der Waals surface area contributed by atoms with E-state index in [0.717, 1.165) is 45.4 Å². The fourth-order valence-corrected chi connectivity index (χ4v) is 5.15. The van der Waals surface area contributed by atoms with Crippen molar-refractivity contribution in [3.05, 3.63) is 60.2 Å². The van der Waals surface area contributed by atoms with Gasteiger partial charge in [0.25, 0.3) is 0 Å². The van der Waals surface area contributed by atoms with Crippen LogP contribution >= 0.6 is 0 Å². The van der Waals surface area contributed by atoms with Gasteiger partial charge in [0, 0.05) is 31.2 Å². The largest absolute Gasteiger partial charge is 0.573 e. The number of aliphatic hydroxyl groups is 1. The normalized spacial score (nSPS) is 21.8. The molecule has 2 aromatic carbocycles. The van der Waals surface area contributed by atoms with E-state index < -0.39 is 12.5 Å². The van der Waals surface area contributed by atoms with E-state index in [2.05, 4.69) is 27.1 Å². The fraction of sp³-hybridized carbons (Fsp3) is 0.519. The average Bonchev–Trinajstić information content (AvgIpc) is 2.86. The maximum Gasteiger partial charge on any atom is 0.573 e. The number of benzene rings is 2. The van der Waals surface area contributed by atoms with Crippen molar-refractivity contribution in [3.8, 4) is 5.75 Å².